The number of aromatic nitrogens is 2. The smallest absolute Gasteiger partial charge is 0.273 e. The Kier molecular flexibility index (Phi) is 6.18. The van der Waals surface area contributed by atoms with E-state index >= 15 is 0 Å². The van der Waals surface area contributed by atoms with Crippen molar-refractivity contribution in [1.29, 1.82) is 0 Å². The molecule has 3 aromatic rings. The summed E-state index contributed by atoms with van der Waals surface area (Å²) in [6, 6.07) is 14.4. The van der Waals surface area contributed by atoms with Gasteiger partial charge in [0.1, 0.15) is 0 Å². The van der Waals surface area contributed by atoms with Crippen molar-refractivity contribution in [3.63, 3.8) is 0 Å². The van der Waals surface area contributed by atoms with Gasteiger partial charge in [0.2, 0.25) is 5.91 Å². The van der Waals surface area contributed by atoms with Gasteiger partial charge >= 0.3 is 0 Å². The first-order chi connectivity index (χ1) is 15.1. The number of nitrogens with zero attached hydrogens (tertiary/aromatic N) is 3. The van der Waals surface area contributed by atoms with Crippen LogP contribution < -0.4 is 21.3 Å². The Morgan fingerprint density at radius 1 is 0.968 bits per heavy atom. The zero-order valence-electron chi connectivity index (χ0n) is 17.6. The van der Waals surface area contributed by atoms with Crippen molar-refractivity contribution in [2.75, 3.05) is 42.9 Å². The van der Waals surface area contributed by atoms with E-state index in [-0.39, 0.29) is 30.0 Å². The van der Waals surface area contributed by atoms with Gasteiger partial charge in [0.25, 0.3) is 11.1 Å². The zero-order chi connectivity index (χ0) is 21.8. The van der Waals surface area contributed by atoms with Crippen LogP contribution in [0.15, 0.2) is 58.1 Å². The summed E-state index contributed by atoms with van der Waals surface area (Å²) >= 11 is 0. The van der Waals surface area contributed by atoms with Gasteiger partial charge in [-0.25, -0.2) is 4.68 Å². The maximum Gasteiger partial charge on any atom is 0.273 e. The second-order valence-corrected chi connectivity index (χ2v) is 7.68. The number of piperazine rings is 1. The predicted octanol–water partition coefficient (Wildman–Crippen LogP) is 1.86. The minimum absolute atomic E-state index is 0.0755. The highest BCUT2D eigenvalue weighted by Crippen LogP contribution is 2.26. The number of hydrogen-bond donors (Lipinski definition) is 2. The van der Waals surface area contributed by atoms with Gasteiger partial charge in [-0.2, -0.15) is 0 Å². The van der Waals surface area contributed by atoms with Gasteiger partial charge in [0, 0.05) is 32.6 Å². The van der Waals surface area contributed by atoms with E-state index in [0.29, 0.717) is 10.8 Å². The molecule has 0 bridgehead atoms. The summed E-state index contributed by atoms with van der Waals surface area (Å²) < 4.78 is 1.21. The molecular weight excluding hydrogens is 394 g/mol. The van der Waals surface area contributed by atoms with Crippen LogP contribution in [0.3, 0.4) is 0 Å². The van der Waals surface area contributed by atoms with E-state index in [4.69, 9.17) is 0 Å². The standard InChI is InChI=1S/C23H27N5O3/c1-2-26-13-15-27(16-14-26)20-10-6-5-9-19(20)24-21(29)11-12-28-23(31)18-8-4-3-7-17(18)22(30)25-28/h3-10H,2,11-16H2,1H3,(H,24,29)(H,25,30). The Bertz CT molecular complexity index is 1190. The number of carbonyl (C=O) groups excluding carboxylic acids is 1. The van der Waals surface area contributed by atoms with Gasteiger partial charge in [0.05, 0.1) is 28.7 Å². The molecule has 1 amide bonds. The molecule has 0 aliphatic carbocycles. The summed E-state index contributed by atoms with van der Waals surface area (Å²) in [7, 11) is 0. The van der Waals surface area contributed by atoms with Crippen LogP contribution in [0, 0.1) is 0 Å². The van der Waals surface area contributed by atoms with E-state index in [9.17, 15) is 14.4 Å². The number of hydrogen-bond acceptors (Lipinski definition) is 5. The number of fused-ring (bicyclic) bond motifs is 1. The van der Waals surface area contributed by atoms with Crippen LogP contribution in [0.5, 0.6) is 0 Å². The molecule has 4 rings (SSSR count). The molecule has 2 aromatic carbocycles. The first-order valence-electron chi connectivity index (χ1n) is 10.6. The Morgan fingerprint density at radius 2 is 1.65 bits per heavy atom. The first kappa shape index (κ1) is 20.9. The minimum atomic E-state index is -0.341. The Balaban J connectivity index is 1.45. The van der Waals surface area contributed by atoms with Crippen molar-refractivity contribution in [2.24, 2.45) is 0 Å². The van der Waals surface area contributed by atoms with Gasteiger partial charge in [-0.05, 0) is 30.8 Å². The van der Waals surface area contributed by atoms with E-state index < -0.39 is 0 Å². The number of anilines is 2. The van der Waals surface area contributed by atoms with Gasteiger partial charge in [-0.3, -0.25) is 19.5 Å². The number of likely N-dealkylation sites (N-methyl/N-ethyl adjacent to an activating group) is 1. The van der Waals surface area contributed by atoms with E-state index in [0.717, 1.165) is 44.1 Å². The van der Waals surface area contributed by atoms with Crippen LogP contribution in [0.1, 0.15) is 13.3 Å². The second kappa shape index (κ2) is 9.18. The fraction of sp³-hybridized carbons (Fsp3) is 0.348. The summed E-state index contributed by atoms with van der Waals surface area (Å²) in [5.74, 6) is -0.208. The van der Waals surface area contributed by atoms with Gasteiger partial charge < -0.3 is 15.1 Å². The molecule has 2 N–H and O–H groups in total. The molecule has 31 heavy (non-hydrogen) atoms. The molecule has 8 nitrogen and oxygen atoms in total. The lowest BCUT2D eigenvalue weighted by Crippen LogP contribution is -2.46. The van der Waals surface area contributed by atoms with E-state index in [1.165, 1.54) is 4.68 Å². The number of para-hydroxylation sites is 2. The molecule has 0 atom stereocenters. The molecule has 0 radical (unpaired) electrons. The molecule has 0 unspecified atom stereocenters. The number of nitrogens with one attached hydrogen (secondary N) is 2. The topological polar surface area (TPSA) is 90.4 Å². The van der Waals surface area contributed by atoms with E-state index in [2.05, 4.69) is 27.1 Å². The molecule has 0 saturated carbocycles. The Morgan fingerprint density at radius 3 is 2.39 bits per heavy atom. The monoisotopic (exact) mass is 421 g/mol. The lowest BCUT2D eigenvalue weighted by Gasteiger charge is -2.36. The highest BCUT2D eigenvalue weighted by Gasteiger charge is 2.19. The molecule has 1 saturated heterocycles. The van der Waals surface area contributed by atoms with Gasteiger partial charge in [-0.1, -0.05) is 31.2 Å². The lowest BCUT2D eigenvalue weighted by molar-refractivity contribution is -0.116. The summed E-state index contributed by atoms with van der Waals surface area (Å²) in [6.07, 6.45) is 0.0755. The number of aromatic amines is 1. The van der Waals surface area contributed by atoms with Crippen LogP contribution in [0.25, 0.3) is 10.8 Å². The summed E-state index contributed by atoms with van der Waals surface area (Å²) in [4.78, 5) is 42.2. The Hall–Kier alpha value is -3.39. The fourth-order valence-electron chi connectivity index (χ4n) is 3.99. The molecule has 1 aromatic heterocycles. The lowest BCUT2D eigenvalue weighted by atomic mass is 10.2. The molecule has 2 heterocycles. The average molecular weight is 422 g/mol. The van der Waals surface area contributed by atoms with Crippen molar-refractivity contribution in [3.05, 3.63) is 69.2 Å². The molecule has 1 fully saturated rings. The summed E-state index contributed by atoms with van der Waals surface area (Å²) in [5, 5.41) is 6.24. The maximum absolute atomic E-state index is 12.6. The van der Waals surface area contributed by atoms with Crippen LogP contribution in [0.2, 0.25) is 0 Å². The molecule has 1 aliphatic heterocycles. The molecular formula is C23H27N5O3. The van der Waals surface area contributed by atoms with Gasteiger partial charge in [0.15, 0.2) is 0 Å². The Labute approximate surface area is 180 Å². The third-order valence-corrected chi connectivity index (χ3v) is 5.78. The van der Waals surface area contributed by atoms with E-state index in [1.54, 1.807) is 24.3 Å². The summed E-state index contributed by atoms with van der Waals surface area (Å²) in [6.45, 7) is 7.12. The molecule has 8 heteroatoms. The third kappa shape index (κ3) is 4.54. The van der Waals surface area contributed by atoms with Crippen LogP contribution in [0.4, 0.5) is 11.4 Å². The normalized spacial score (nSPS) is 14.7. The molecule has 162 valence electrons. The predicted molar refractivity (Wildman–Crippen MR) is 123 cm³/mol. The van der Waals surface area contributed by atoms with E-state index in [1.807, 2.05) is 24.3 Å². The number of amides is 1. The van der Waals surface area contributed by atoms with Crippen molar-refractivity contribution >= 4 is 28.1 Å². The van der Waals surface area contributed by atoms with Crippen molar-refractivity contribution < 1.29 is 4.79 Å². The van der Waals surface area contributed by atoms with Crippen molar-refractivity contribution in [3.8, 4) is 0 Å². The number of rotatable bonds is 6. The largest absolute Gasteiger partial charge is 0.367 e. The number of carbonyl (C=O) groups is 1. The minimum Gasteiger partial charge on any atom is -0.367 e. The average Bonchev–Trinajstić information content (AvgIpc) is 2.81. The van der Waals surface area contributed by atoms with Crippen molar-refractivity contribution in [2.45, 2.75) is 19.9 Å². The van der Waals surface area contributed by atoms with Crippen LogP contribution in [-0.4, -0.2) is 53.3 Å². The SMILES string of the molecule is CCN1CCN(c2ccccc2NC(=O)CCn2[nH]c(=O)c3ccccc3c2=O)CC1. The second-order valence-electron chi connectivity index (χ2n) is 7.68. The molecule has 0 spiro atoms. The number of benzene rings is 2. The zero-order valence-corrected chi connectivity index (χ0v) is 17.6. The number of aryl methyl sites for hydroxylation is 1. The fourth-order valence-corrected chi connectivity index (χ4v) is 3.99. The third-order valence-electron chi connectivity index (χ3n) is 5.78. The van der Waals surface area contributed by atoms with Crippen molar-refractivity contribution in [1.82, 2.24) is 14.7 Å². The maximum atomic E-state index is 12.6. The molecule has 1 aliphatic rings. The highest BCUT2D eigenvalue weighted by molar-refractivity contribution is 5.94. The highest BCUT2D eigenvalue weighted by atomic mass is 16.2. The first-order valence-corrected chi connectivity index (χ1v) is 10.6. The summed E-state index contributed by atoms with van der Waals surface area (Å²) in [5.41, 5.74) is 1.11. The quantitative estimate of drug-likeness (QED) is 0.634. The number of H-pyrrole nitrogens is 1. The van der Waals surface area contributed by atoms with Crippen LogP contribution in [-0.2, 0) is 11.3 Å². The van der Waals surface area contributed by atoms with Crippen LogP contribution >= 0.6 is 0 Å². The van der Waals surface area contributed by atoms with Gasteiger partial charge in [-0.15, -0.1) is 0 Å².